The first-order valence-electron chi connectivity index (χ1n) is 5.00. The largest absolute Gasteiger partial charge is 0.198 e. The normalized spacial score (nSPS) is 7.14. The Morgan fingerprint density at radius 3 is 1.64 bits per heavy atom. The molecule has 0 atom stereocenters. The molecule has 0 bridgehead atoms. The maximum Gasteiger partial charge on any atom is 0.0621 e. The maximum atomic E-state index is 7.82. The Bertz CT molecular complexity index is 134. The van der Waals surface area contributed by atoms with Crippen molar-refractivity contribution in [2.45, 2.75) is 40.0 Å². The van der Waals surface area contributed by atoms with E-state index >= 15 is 0 Å². The minimum Gasteiger partial charge on any atom is -0.198 e. The van der Waals surface area contributed by atoms with Crippen LogP contribution in [0.3, 0.4) is 0 Å². The Hall–Kier alpha value is -1.03. The van der Waals surface area contributed by atoms with Gasteiger partial charge in [-0.2, -0.15) is 5.26 Å². The molecular formula is C13H24N. The lowest BCUT2D eigenvalue weighted by molar-refractivity contribution is 0.661. The monoisotopic (exact) mass is 194 g/mol. The second-order valence-electron chi connectivity index (χ2n) is 3.06. The number of rotatable bonds is 3. The zero-order chi connectivity index (χ0) is 11.8. The maximum absolute atomic E-state index is 7.82. The summed E-state index contributed by atoms with van der Waals surface area (Å²) in [5.41, 5.74) is 0. The molecule has 0 aromatic carbocycles. The van der Waals surface area contributed by atoms with Crippen LogP contribution in [0, 0.1) is 24.2 Å². The third-order valence-corrected chi connectivity index (χ3v) is 1.11. The molecule has 1 nitrogen and oxygen atoms in total. The summed E-state index contributed by atoms with van der Waals surface area (Å²) in [7, 11) is 0. The summed E-state index contributed by atoms with van der Waals surface area (Å²) in [6, 6.07) is 2.02. The minimum atomic E-state index is 0.694. The quantitative estimate of drug-likeness (QED) is 0.605. The lowest BCUT2D eigenvalue weighted by Crippen LogP contribution is -1.77. The predicted molar refractivity (Wildman–Crippen MR) is 65.7 cm³/mol. The van der Waals surface area contributed by atoms with Crippen LogP contribution < -0.4 is 0 Å². The average Bonchev–Trinajstić information content (AvgIpc) is 2.20. The summed E-state index contributed by atoms with van der Waals surface area (Å²) in [5, 5.41) is 7.82. The molecule has 1 radical (unpaired) electrons. The Morgan fingerprint density at radius 2 is 1.64 bits per heavy atom. The zero-order valence-corrected chi connectivity index (χ0v) is 9.92. The predicted octanol–water partition coefficient (Wildman–Crippen LogP) is 4.54. The van der Waals surface area contributed by atoms with Gasteiger partial charge in [-0.3, -0.25) is 0 Å². The fourth-order valence-corrected chi connectivity index (χ4v) is 0.112. The Balaban J connectivity index is -0.000000131. The van der Waals surface area contributed by atoms with Gasteiger partial charge in [-0.05, 0) is 12.3 Å². The van der Waals surface area contributed by atoms with Crippen molar-refractivity contribution in [1.82, 2.24) is 0 Å². The molecule has 0 aliphatic carbocycles. The molecule has 0 aromatic heterocycles. The number of unbranched alkanes of at least 4 members (excludes halogenated alkanes) is 1. The highest BCUT2D eigenvalue weighted by atomic mass is 14.2. The van der Waals surface area contributed by atoms with E-state index in [0.717, 1.165) is 18.8 Å². The minimum absolute atomic E-state index is 0.694. The Kier molecular flexibility index (Phi) is 30.3. The second-order valence-corrected chi connectivity index (χ2v) is 3.06. The van der Waals surface area contributed by atoms with Gasteiger partial charge in [0.1, 0.15) is 0 Å². The molecule has 0 aliphatic heterocycles. The molecule has 0 saturated heterocycles. The van der Waals surface area contributed by atoms with Crippen LogP contribution in [0.25, 0.3) is 0 Å². The fraction of sp³-hybridized carbons (Fsp3) is 0.538. The van der Waals surface area contributed by atoms with Crippen molar-refractivity contribution < 1.29 is 0 Å². The van der Waals surface area contributed by atoms with Crippen LogP contribution in [-0.2, 0) is 0 Å². The van der Waals surface area contributed by atoms with Gasteiger partial charge in [-0.15, -0.1) is 0 Å². The SMILES string of the molecule is C=CC=C.CCCC#N.[CH2]CC(C)C. The highest BCUT2D eigenvalue weighted by molar-refractivity contribution is 4.88. The standard InChI is InChI=1S/C5H11.C4H7N.C4H6/c1-4-5(2)3;1-2-3-4-5;1-3-4-2/h5H,1,4H2,2-3H3;2-3H2,1H3;3-4H,1-2H2. The summed E-state index contributed by atoms with van der Waals surface area (Å²) in [6.07, 6.45) is 6.01. The van der Waals surface area contributed by atoms with E-state index in [9.17, 15) is 0 Å². The molecule has 81 valence electrons. The van der Waals surface area contributed by atoms with Crippen molar-refractivity contribution in [2.75, 3.05) is 0 Å². The fourth-order valence-electron chi connectivity index (χ4n) is 0.112. The van der Waals surface area contributed by atoms with E-state index in [-0.39, 0.29) is 0 Å². The van der Waals surface area contributed by atoms with Gasteiger partial charge in [0.25, 0.3) is 0 Å². The third-order valence-electron chi connectivity index (χ3n) is 1.11. The summed E-state index contributed by atoms with van der Waals surface area (Å²) < 4.78 is 0. The van der Waals surface area contributed by atoms with Gasteiger partial charge in [0.15, 0.2) is 0 Å². The molecule has 0 aromatic rings. The van der Waals surface area contributed by atoms with Crippen LogP contribution in [0.2, 0.25) is 0 Å². The Labute approximate surface area is 90.1 Å². The van der Waals surface area contributed by atoms with Crippen LogP contribution in [0.4, 0.5) is 0 Å². The van der Waals surface area contributed by atoms with Gasteiger partial charge in [0, 0.05) is 6.42 Å². The summed E-state index contributed by atoms with van der Waals surface area (Å²) >= 11 is 0. The molecule has 0 saturated carbocycles. The molecule has 0 amide bonds. The van der Waals surface area contributed by atoms with Crippen molar-refractivity contribution >= 4 is 0 Å². The molecule has 1 heteroatoms. The van der Waals surface area contributed by atoms with Crippen molar-refractivity contribution in [3.8, 4) is 6.07 Å². The van der Waals surface area contributed by atoms with Gasteiger partial charge in [-0.1, -0.05) is 59.4 Å². The number of hydrogen-bond donors (Lipinski definition) is 0. The number of nitriles is 1. The summed E-state index contributed by atoms with van der Waals surface area (Å²) in [6.45, 7) is 16.7. The van der Waals surface area contributed by atoms with Crippen LogP contribution in [0.5, 0.6) is 0 Å². The van der Waals surface area contributed by atoms with Crippen molar-refractivity contribution in [3.63, 3.8) is 0 Å². The lowest BCUT2D eigenvalue weighted by atomic mass is 10.2. The van der Waals surface area contributed by atoms with E-state index in [1.165, 1.54) is 0 Å². The van der Waals surface area contributed by atoms with Gasteiger partial charge in [-0.25, -0.2) is 0 Å². The van der Waals surface area contributed by atoms with Crippen LogP contribution in [-0.4, -0.2) is 0 Å². The number of nitrogens with zero attached hydrogens (tertiary/aromatic N) is 1. The van der Waals surface area contributed by atoms with Crippen molar-refractivity contribution in [3.05, 3.63) is 32.2 Å². The number of allylic oxidation sites excluding steroid dienone is 2. The van der Waals surface area contributed by atoms with E-state index in [1.807, 2.05) is 13.0 Å². The summed E-state index contributed by atoms with van der Waals surface area (Å²) in [4.78, 5) is 0. The van der Waals surface area contributed by atoms with E-state index < -0.39 is 0 Å². The van der Waals surface area contributed by atoms with Crippen LogP contribution >= 0.6 is 0 Å². The van der Waals surface area contributed by atoms with Gasteiger partial charge in [0.2, 0.25) is 0 Å². The molecule has 0 heterocycles. The first-order valence-corrected chi connectivity index (χ1v) is 5.00. The lowest BCUT2D eigenvalue weighted by Gasteiger charge is -1.90. The van der Waals surface area contributed by atoms with Gasteiger partial charge in [0.05, 0.1) is 6.07 Å². The van der Waals surface area contributed by atoms with Crippen molar-refractivity contribution in [1.29, 1.82) is 5.26 Å². The highest BCUT2D eigenvalue weighted by Gasteiger charge is 1.80. The molecule has 0 fully saturated rings. The topological polar surface area (TPSA) is 23.8 Å². The second kappa shape index (κ2) is 22.7. The molecule has 0 spiro atoms. The Morgan fingerprint density at radius 1 is 1.29 bits per heavy atom. The molecule has 0 rings (SSSR count). The molecule has 0 N–H and O–H groups in total. The van der Waals surface area contributed by atoms with E-state index in [0.29, 0.717) is 6.42 Å². The van der Waals surface area contributed by atoms with E-state index in [1.54, 1.807) is 12.2 Å². The first-order chi connectivity index (χ1) is 6.60. The third kappa shape index (κ3) is 69.2. The molecule has 0 aliphatic rings. The van der Waals surface area contributed by atoms with Gasteiger partial charge < -0.3 is 0 Å². The first kappa shape index (κ1) is 18.7. The van der Waals surface area contributed by atoms with Gasteiger partial charge >= 0.3 is 0 Å². The molecule has 14 heavy (non-hydrogen) atoms. The smallest absolute Gasteiger partial charge is 0.0621 e. The average molecular weight is 194 g/mol. The van der Waals surface area contributed by atoms with Crippen LogP contribution in [0.1, 0.15) is 40.0 Å². The summed E-state index contributed by atoms with van der Waals surface area (Å²) in [5.74, 6) is 0.773. The van der Waals surface area contributed by atoms with Crippen molar-refractivity contribution in [2.24, 2.45) is 5.92 Å². The highest BCUT2D eigenvalue weighted by Crippen LogP contribution is 1.93. The van der Waals surface area contributed by atoms with E-state index in [2.05, 4.69) is 33.9 Å². The molecular weight excluding hydrogens is 170 g/mol. The van der Waals surface area contributed by atoms with E-state index in [4.69, 9.17) is 5.26 Å². The molecule has 0 unspecified atom stereocenters. The van der Waals surface area contributed by atoms with Crippen LogP contribution in [0.15, 0.2) is 25.3 Å². The number of hydrogen-bond acceptors (Lipinski definition) is 1. The zero-order valence-electron chi connectivity index (χ0n) is 9.92.